The summed E-state index contributed by atoms with van der Waals surface area (Å²) in [6.07, 6.45) is 5.77. The van der Waals surface area contributed by atoms with Crippen LogP contribution in [0.3, 0.4) is 0 Å². The number of halogens is 1. The molecule has 1 aliphatic carbocycles. The van der Waals surface area contributed by atoms with Gasteiger partial charge >= 0.3 is 0 Å². The van der Waals surface area contributed by atoms with Crippen molar-refractivity contribution in [2.45, 2.75) is 19.4 Å². The summed E-state index contributed by atoms with van der Waals surface area (Å²) >= 11 is 0. The van der Waals surface area contributed by atoms with Crippen LogP contribution in [0.5, 0.6) is 5.75 Å². The Morgan fingerprint density at radius 1 is 1.00 bits per heavy atom. The molecule has 4 heteroatoms. The van der Waals surface area contributed by atoms with Gasteiger partial charge in [0, 0.05) is 29.2 Å². The largest absolute Gasteiger partial charge is 1.00 e. The maximum Gasteiger partial charge on any atom is 0.173 e. The van der Waals surface area contributed by atoms with E-state index >= 15 is 0 Å². The second-order valence-corrected chi connectivity index (χ2v) is 6.86. The molecule has 3 aromatic rings. The van der Waals surface area contributed by atoms with Crippen LogP contribution in [0.4, 0.5) is 0 Å². The van der Waals surface area contributed by atoms with Gasteiger partial charge in [-0.05, 0) is 42.2 Å². The Kier molecular flexibility index (Phi) is 6.07. The lowest BCUT2D eigenvalue weighted by molar-refractivity contribution is -0.688. The molecule has 0 aliphatic heterocycles. The Hall–Kier alpha value is -2.46. The number of methoxy groups -OCH3 is 1. The van der Waals surface area contributed by atoms with Crippen LogP contribution in [0.2, 0.25) is 0 Å². The summed E-state index contributed by atoms with van der Waals surface area (Å²) in [4.78, 5) is 12.7. The molecule has 0 saturated carbocycles. The van der Waals surface area contributed by atoms with Crippen molar-refractivity contribution in [2.24, 2.45) is 5.92 Å². The van der Waals surface area contributed by atoms with Crippen LogP contribution < -0.4 is 26.3 Å². The van der Waals surface area contributed by atoms with Crippen molar-refractivity contribution in [3.8, 4) is 5.75 Å². The molecule has 4 rings (SSSR count). The average molecular weight is 424 g/mol. The van der Waals surface area contributed by atoms with Gasteiger partial charge < -0.3 is 21.7 Å². The van der Waals surface area contributed by atoms with Gasteiger partial charge in [0.2, 0.25) is 0 Å². The summed E-state index contributed by atoms with van der Waals surface area (Å²) in [6, 6.07) is 20.4. The summed E-state index contributed by atoms with van der Waals surface area (Å²) in [5.74, 6) is 1.10. The monoisotopic (exact) mass is 423 g/mol. The first-order valence-corrected chi connectivity index (χ1v) is 8.96. The van der Waals surface area contributed by atoms with Gasteiger partial charge in [-0.1, -0.05) is 30.3 Å². The number of Topliss-reactive ketones (excluding diaryl/α,β-unsaturated/α-hetero) is 1. The van der Waals surface area contributed by atoms with Crippen LogP contribution >= 0.6 is 0 Å². The molecule has 1 unspecified atom stereocenters. The number of carbonyl (C=O) groups is 1. The summed E-state index contributed by atoms with van der Waals surface area (Å²) in [5.41, 5.74) is 4.44. The number of pyridine rings is 1. The summed E-state index contributed by atoms with van der Waals surface area (Å²) in [7, 11) is 1.66. The minimum Gasteiger partial charge on any atom is -1.00 e. The molecule has 1 aliphatic rings. The van der Waals surface area contributed by atoms with Gasteiger partial charge in [-0.25, -0.2) is 4.57 Å². The maximum absolute atomic E-state index is 12.7. The van der Waals surface area contributed by atoms with Gasteiger partial charge in [0.25, 0.3) is 0 Å². The summed E-state index contributed by atoms with van der Waals surface area (Å²) in [6.45, 7) is 0.856. The lowest BCUT2D eigenvalue weighted by Crippen LogP contribution is -3.00. The first kappa shape index (κ1) is 19.3. The predicted octanol–water partition coefficient (Wildman–Crippen LogP) is 0.633. The molecule has 1 atom stereocenters. The fraction of sp³-hybridized carbons (Fsp3) is 0.217. The highest BCUT2D eigenvalue weighted by Crippen LogP contribution is 2.31. The molecule has 0 fully saturated rings. The van der Waals surface area contributed by atoms with Crippen LogP contribution in [0.1, 0.15) is 27.0 Å². The molecule has 138 valence electrons. The van der Waals surface area contributed by atoms with E-state index in [4.69, 9.17) is 4.74 Å². The highest BCUT2D eigenvalue weighted by Gasteiger charge is 2.30. The number of carbonyl (C=O) groups excluding carboxylic acids is 1. The van der Waals surface area contributed by atoms with Gasteiger partial charge in [-0.15, -0.1) is 0 Å². The second-order valence-electron chi connectivity index (χ2n) is 6.86. The van der Waals surface area contributed by atoms with Gasteiger partial charge in [0.05, 0.1) is 7.11 Å². The smallest absolute Gasteiger partial charge is 0.173 e. The second kappa shape index (κ2) is 8.49. The normalized spacial score (nSPS) is 15.1. The third-order valence-corrected chi connectivity index (χ3v) is 5.07. The van der Waals surface area contributed by atoms with E-state index in [0.717, 1.165) is 36.3 Å². The number of rotatable bonds is 5. The lowest BCUT2D eigenvalue weighted by atomic mass is 9.96. The quantitative estimate of drug-likeness (QED) is 0.563. The zero-order valence-corrected chi connectivity index (χ0v) is 16.9. The molecule has 0 saturated heterocycles. The molecule has 0 bridgehead atoms. The van der Waals surface area contributed by atoms with Crippen molar-refractivity contribution in [1.29, 1.82) is 0 Å². The number of benzene rings is 2. The van der Waals surface area contributed by atoms with Crippen LogP contribution in [-0.4, -0.2) is 12.9 Å². The number of ketones is 1. The van der Waals surface area contributed by atoms with E-state index in [1.54, 1.807) is 7.11 Å². The van der Waals surface area contributed by atoms with Gasteiger partial charge in [0.1, 0.15) is 5.75 Å². The Bertz CT molecular complexity index is 923. The van der Waals surface area contributed by atoms with Gasteiger partial charge in [0.15, 0.2) is 24.7 Å². The fourth-order valence-corrected chi connectivity index (χ4v) is 3.66. The molecule has 27 heavy (non-hydrogen) atoms. The topological polar surface area (TPSA) is 30.2 Å². The Morgan fingerprint density at radius 3 is 2.44 bits per heavy atom. The molecule has 0 radical (unpaired) electrons. The number of nitrogens with zero attached hydrogens (tertiary/aromatic N) is 1. The first-order chi connectivity index (χ1) is 12.7. The zero-order chi connectivity index (χ0) is 17.9. The minimum atomic E-state index is 0. The van der Waals surface area contributed by atoms with E-state index in [1.807, 2.05) is 24.3 Å². The zero-order valence-electron chi connectivity index (χ0n) is 15.3. The lowest BCUT2D eigenvalue weighted by Gasteiger charge is -2.07. The molecule has 2 aromatic carbocycles. The summed E-state index contributed by atoms with van der Waals surface area (Å²) < 4.78 is 7.44. The average Bonchev–Trinajstić information content (AvgIpc) is 2.99. The molecule has 1 heterocycles. The number of hydrogen-bond acceptors (Lipinski definition) is 2. The number of ether oxygens (including phenoxy) is 1. The van der Waals surface area contributed by atoms with Crippen molar-refractivity contribution in [3.05, 3.63) is 95.3 Å². The Balaban J connectivity index is 0.00000210. The van der Waals surface area contributed by atoms with E-state index < -0.39 is 0 Å². The van der Waals surface area contributed by atoms with E-state index in [2.05, 4.69) is 53.4 Å². The molecule has 1 aromatic heterocycles. The third-order valence-electron chi connectivity index (χ3n) is 5.07. The van der Waals surface area contributed by atoms with Crippen LogP contribution in [0.15, 0.2) is 73.1 Å². The van der Waals surface area contributed by atoms with Crippen LogP contribution in [0, 0.1) is 5.92 Å². The minimum absolute atomic E-state index is 0. The standard InChI is InChI=1S/C23H22NO2.BrH/c1-26-21-7-8-22-19(15-21)14-20(23(22)25)13-17-9-11-24(12-10-17)16-18-5-3-2-4-6-18;/h2-12,15,20H,13-14,16H2,1H3;1H/q+1;/p-1. The number of fused-ring (bicyclic) bond motifs is 1. The number of hydrogen-bond donors (Lipinski definition) is 0. The Labute approximate surface area is 170 Å². The molecular weight excluding hydrogens is 402 g/mol. The van der Waals surface area contributed by atoms with E-state index in [0.29, 0.717) is 0 Å². The SMILES string of the molecule is COc1ccc2c(c1)CC(Cc1cc[n+](Cc3ccccc3)cc1)C2=O.[Br-]. The van der Waals surface area contributed by atoms with E-state index in [-0.39, 0.29) is 28.7 Å². The van der Waals surface area contributed by atoms with Gasteiger partial charge in [-0.2, -0.15) is 0 Å². The third kappa shape index (κ3) is 4.28. The highest BCUT2D eigenvalue weighted by molar-refractivity contribution is 6.02. The molecule has 0 amide bonds. The molecule has 0 N–H and O–H groups in total. The van der Waals surface area contributed by atoms with Crippen LogP contribution in [-0.2, 0) is 19.4 Å². The van der Waals surface area contributed by atoms with Crippen molar-refractivity contribution in [3.63, 3.8) is 0 Å². The van der Waals surface area contributed by atoms with E-state index in [9.17, 15) is 4.79 Å². The first-order valence-electron chi connectivity index (χ1n) is 8.96. The van der Waals surface area contributed by atoms with Crippen molar-refractivity contribution >= 4 is 5.78 Å². The maximum atomic E-state index is 12.7. The predicted molar refractivity (Wildman–Crippen MR) is 100 cm³/mol. The van der Waals surface area contributed by atoms with E-state index in [1.165, 1.54) is 11.1 Å². The fourth-order valence-electron chi connectivity index (χ4n) is 3.66. The van der Waals surface area contributed by atoms with Crippen molar-refractivity contribution < 1.29 is 31.1 Å². The van der Waals surface area contributed by atoms with Gasteiger partial charge in [-0.3, -0.25) is 4.79 Å². The van der Waals surface area contributed by atoms with Crippen LogP contribution in [0.25, 0.3) is 0 Å². The highest BCUT2D eigenvalue weighted by atomic mass is 79.9. The molecule has 3 nitrogen and oxygen atoms in total. The summed E-state index contributed by atoms with van der Waals surface area (Å²) in [5, 5.41) is 0. The number of aromatic nitrogens is 1. The molecular formula is C23H22BrNO2. The Morgan fingerprint density at radius 2 is 1.74 bits per heavy atom. The van der Waals surface area contributed by atoms with Crippen molar-refractivity contribution in [1.82, 2.24) is 0 Å². The van der Waals surface area contributed by atoms with Crippen molar-refractivity contribution in [2.75, 3.05) is 7.11 Å². The molecule has 0 spiro atoms.